The summed E-state index contributed by atoms with van der Waals surface area (Å²) in [5.74, 6) is -0.662. The number of ether oxygens (including phenoxy) is 1. The number of hydrogen-bond donors (Lipinski definition) is 1. The van der Waals surface area contributed by atoms with Gasteiger partial charge < -0.3 is 14.4 Å². The Morgan fingerprint density at radius 3 is 2.24 bits per heavy atom. The average molecular weight is 494 g/mol. The van der Waals surface area contributed by atoms with Crippen molar-refractivity contribution >= 4 is 40.1 Å². The predicted molar refractivity (Wildman–Crippen MR) is 120 cm³/mol. The molecule has 170 valence electrons. The van der Waals surface area contributed by atoms with Crippen LogP contribution in [0.4, 0.5) is 13.2 Å². The van der Waals surface area contributed by atoms with E-state index in [0.29, 0.717) is 37.8 Å². The molecule has 3 aromatic carbocycles. The van der Waals surface area contributed by atoms with Gasteiger partial charge in [-0.2, -0.15) is 13.2 Å². The zero-order valence-corrected chi connectivity index (χ0v) is 18.4. The van der Waals surface area contributed by atoms with Crippen molar-refractivity contribution < 1.29 is 27.8 Å². The van der Waals surface area contributed by atoms with Crippen molar-refractivity contribution in [3.8, 4) is 5.75 Å². The first kappa shape index (κ1) is 23.0. The first-order chi connectivity index (χ1) is 15.6. The topological polar surface area (TPSA) is 51.5 Å². The Morgan fingerprint density at radius 2 is 1.64 bits per heavy atom. The Kier molecular flexibility index (Phi) is 6.28. The maximum absolute atomic E-state index is 12.8. The standard InChI is InChI=1S/C24H16Cl2F3NO3/c25-19-2-1-3-20(26)18(19)13-33-17-8-9-21-15(10-17)11-22(23(31)32)30(21)12-14-4-6-16(7-5-14)24(27,28)29/h1-11H,12-13H2,(H,31,32). The van der Waals surface area contributed by atoms with Gasteiger partial charge in [-0.25, -0.2) is 4.79 Å². The van der Waals surface area contributed by atoms with Crippen molar-refractivity contribution in [1.29, 1.82) is 0 Å². The molecule has 0 bridgehead atoms. The summed E-state index contributed by atoms with van der Waals surface area (Å²) < 4.78 is 45.8. The number of hydrogen-bond acceptors (Lipinski definition) is 2. The second-order valence-corrected chi connectivity index (χ2v) is 8.14. The largest absolute Gasteiger partial charge is 0.489 e. The molecule has 0 unspecified atom stereocenters. The number of carboxylic acids is 1. The van der Waals surface area contributed by atoms with E-state index >= 15 is 0 Å². The lowest BCUT2D eigenvalue weighted by Gasteiger charge is -2.12. The molecular formula is C24H16Cl2F3NO3. The number of benzene rings is 3. The maximum atomic E-state index is 12.8. The number of aromatic nitrogens is 1. The Hall–Kier alpha value is -3.16. The van der Waals surface area contributed by atoms with Crippen LogP contribution in [0.1, 0.15) is 27.2 Å². The van der Waals surface area contributed by atoms with Crippen LogP contribution in [0, 0.1) is 0 Å². The monoisotopic (exact) mass is 493 g/mol. The van der Waals surface area contributed by atoms with E-state index in [0.717, 1.165) is 12.1 Å². The van der Waals surface area contributed by atoms with Crippen LogP contribution in [0.2, 0.25) is 10.0 Å². The van der Waals surface area contributed by atoms with Gasteiger partial charge in [0.05, 0.1) is 5.56 Å². The van der Waals surface area contributed by atoms with Gasteiger partial charge in [0.2, 0.25) is 0 Å². The molecule has 0 saturated carbocycles. The molecular weight excluding hydrogens is 478 g/mol. The summed E-state index contributed by atoms with van der Waals surface area (Å²) in [5.41, 5.74) is 1.03. The molecule has 0 aliphatic carbocycles. The number of aromatic carboxylic acids is 1. The van der Waals surface area contributed by atoms with Crippen LogP contribution < -0.4 is 4.74 Å². The summed E-state index contributed by atoms with van der Waals surface area (Å²) in [4.78, 5) is 11.8. The van der Waals surface area contributed by atoms with Crippen molar-refractivity contribution in [2.45, 2.75) is 19.3 Å². The normalized spacial score (nSPS) is 11.7. The summed E-state index contributed by atoms with van der Waals surface area (Å²) in [6, 6.07) is 16.3. The number of carboxylic acid groups (broad SMARTS) is 1. The Labute approximate surface area is 196 Å². The number of fused-ring (bicyclic) bond motifs is 1. The molecule has 33 heavy (non-hydrogen) atoms. The molecule has 0 radical (unpaired) electrons. The van der Waals surface area contributed by atoms with Crippen LogP contribution in [0.15, 0.2) is 66.7 Å². The van der Waals surface area contributed by atoms with Gasteiger partial charge in [0.15, 0.2) is 0 Å². The minimum absolute atomic E-state index is 0.0104. The maximum Gasteiger partial charge on any atom is 0.416 e. The first-order valence-corrected chi connectivity index (χ1v) is 10.5. The summed E-state index contributed by atoms with van der Waals surface area (Å²) in [6.07, 6.45) is -4.44. The van der Waals surface area contributed by atoms with Gasteiger partial charge in [0.1, 0.15) is 18.1 Å². The van der Waals surface area contributed by atoms with E-state index in [2.05, 4.69) is 0 Å². The second kappa shape index (κ2) is 9.00. The molecule has 0 saturated heterocycles. The lowest BCUT2D eigenvalue weighted by molar-refractivity contribution is -0.137. The molecule has 0 aliphatic heterocycles. The molecule has 4 aromatic rings. The van der Waals surface area contributed by atoms with Crippen LogP contribution in [0.5, 0.6) is 5.75 Å². The van der Waals surface area contributed by atoms with Crippen molar-refractivity contribution in [3.63, 3.8) is 0 Å². The summed E-state index contributed by atoms with van der Waals surface area (Å²) in [7, 11) is 0. The van der Waals surface area contributed by atoms with Gasteiger partial charge in [-0.3, -0.25) is 0 Å². The molecule has 0 atom stereocenters. The van der Waals surface area contributed by atoms with Crippen LogP contribution in [-0.4, -0.2) is 15.6 Å². The van der Waals surface area contributed by atoms with E-state index in [4.69, 9.17) is 27.9 Å². The van der Waals surface area contributed by atoms with Gasteiger partial charge in [0.25, 0.3) is 0 Å². The SMILES string of the molecule is O=C(O)c1cc2cc(OCc3c(Cl)cccc3Cl)ccc2n1Cc1ccc(C(F)(F)F)cc1. The van der Waals surface area contributed by atoms with E-state index in [1.54, 1.807) is 36.4 Å². The van der Waals surface area contributed by atoms with Crippen LogP contribution >= 0.6 is 23.2 Å². The van der Waals surface area contributed by atoms with Gasteiger partial charge in [0, 0.05) is 33.1 Å². The summed E-state index contributed by atoms with van der Waals surface area (Å²) >= 11 is 12.3. The number of rotatable bonds is 6. The lowest BCUT2D eigenvalue weighted by Crippen LogP contribution is -2.10. The predicted octanol–water partition coefficient (Wildman–Crippen LogP) is 7.29. The Morgan fingerprint density at radius 1 is 0.970 bits per heavy atom. The summed E-state index contributed by atoms with van der Waals surface area (Å²) in [6.45, 7) is 0.223. The number of nitrogens with zero attached hydrogens (tertiary/aromatic N) is 1. The van der Waals surface area contributed by atoms with Gasteiger partial charge in [-0.05, 0) is 54.1 Å². The van der Waals surface area contributed by atoms with E-state index in [9.17, 15) is 23.1 Å². The van der Waals surface area contributed by atoms with Crippen molar-refractivity contribution in [2.24, 2.45) is 0 Å². The number of halogens is 5. The van der Waals surface area contributed by atoms with E-state index in [-0.39, 0.29) is 18.8 Å². The van der Waals surface area contributed by atoms with Gasteiger partial charge in [-0.1, -0.05) is 41.4 Å². The van der Waals surface area contributed by atoms with Crippen molar-refractivity contribution in [2.75, 3.05) is 0 Å². The van der Waals surface area contributed by atoms with Gasteiger partial charge in [-0.15, -0.1) is 0 Å². The third kappa shape index (κ3) is 4.94. The minimum atomic E-state index is -4.44. The average Bonchev–Trinajstić information content (AvgIpc) is 3.11. The van der Waals surface area contributed by atoms with Crippen LogP contribution in [-0.2, 0) is 19.3 Å². The molecule has 1 aromatic heterocycles. The quantitative estimate of drug-likeness (QED) is 0.306. The Bertz CT molecular complexity index is 1310. The number of carbonyl (C=O) groups is 1. The first-order valence-electron chi connectivity index (χ1n) is 9.72. The highest BCUT2D eigenvalue weighted by Gasteiger charge is 2.30. The fourth-order valence-electron chi connectivity index (χ4n) is 3.49. The third-order valence-corrected chi connectivity index (χ3v) is 5.87. The fourth-order valence-corrected chi connectivity index (χ4v) is 4.00. The number of alkyl halides is 3. The van der Waals surface area contributed by atoms with E-state index in [1.807, 2.05) is 0 Å². The van der Waals surface area contributed by atoms with Crippen molar-refractivity contribution in [3.05, 3.63) is 99.2 Å². The Balaban J connectivity index is 1.62. The van der Waals surface area contributed by atoms with E-state index < -0.39 is 17.7 Å². The lowest BCUT2D eigenvalue weighted by atomic mass is 10.1. The highest BCUT2D eigenvalue weighted by Crippen LogP contribution is 2.31. The zero-order chi connectivity index (χ0) is 23.8. The molecule has 0 amide bonds. The van der Waals surface area contributed by atoms with E-state index in [1.165, 1.54) is 22.8 Å². The second-order valence-electron chi connectivity index (χ2n) is 7.33. The minimum Gasteiger partial charge on any atom is -0.489 e. The summed E-state index contributed by atoms with van der Waals surface area (Å²) in [5, 5.41) is 11.2. The molecule has 1 N–H and O–H groups in total. The van der Waals surface area contributed by atoms with Gasteiger partial charge >= 0.3 is 12.1 Å². The van der Waals surface area contributed by atoms with Crippen LogP contribution in [0.25, 0.3) is 10.9 Å². The third-order valence-electron chi connectivity index (χ3n) is 5.16. The molecule has 9 heteroatoms. The highest BCUT2D eigenvalue weighted by atomic mass is 35.5. The molecule has 0 fully saturated rings. The van der Waals surface area contributed by atoms with Crippen LogP contribution in [0.3, 0.4) is 0 Å². The highest BCUT2D eigenvalue weighted by molar-refractivity contribution is 6.35. The smallest absolute Gasteiger partial charge is 0.416 e. The molecule has 4 nitrogen and oxygen atoms in total. The molecule has 0 spiro atoms. The molecule has 1 heterocycles. The van der Waals surface area contributed by atoms with Crippen molar-refractivity contribution in [1.82, 2.24) is 4.57 Å². The molecule has 4 rings (SSSR count). The zero-order valence-electron chi connectivity index (χ0n) is 16.9. The fraction of sp³-hybridized carbons (Fsp3) is 0.125. The molecule has 0 aliphatic rings.